The first-order chi connectivity index (χ1) is 13.0. The van der Waals surface area contributed by atoms with Crippen molar-refractivity contribution in [2.45, 2.75) is 46.1 Å². The van der Waals surface area contributed by atoms with Crippen molar-refractivity contribution >= 4 is 5.91 Å². The molecule has 27 heavy (non-hydrogen) atoms. The van der Waals surface area contributed by atoms with Gasteiger partial charge in [-0.2, -0.15) is 5.10 Å². The molecule has 2 heterocycles. The number of ether oxygens (including phenoxy) is 1. The average Bonchev–Trinajstić information content (AvgIpc) is 3.00. The second kappa shape index (κ2) is 8.55. The fraction of sp³-hybridized carbons (Fsp3) is 0.524. The Balaban J connectivity index is 1.61. The summed E-state index contributed by atoms with van der Waals surface area (Å²) < 4.78 is 20.7. The number of nitrogens with zero attached hydrogens (tertiary/aromatic N) is 3. The summed E-state index contributed by atoms with van der Waals surface area (Å²) in [7, 11) is 0. The van der Waals surface area contributed by atoms with Gasteiger partial charge in [-0.05, 0) is 63.4 Å². The molecule has 0 bridgehead atoms. The molecule has 1 aliphatic rings. The maximum atomic E-state index is 13.1. The molecule has 0 saturated carbocycles. The normalized spacial score (nSPS) is 18.4. The molecule has 0 radical (unpaired) electrons. The highest BCUT2D eigenvalue weighted by molar-refractivity contribution is 5.80. The van der Waals surface area contributed by atoms with Crippen LogP contribution in [-0.4, -0.2) is 40.3 Å². The Morgan fingerprint density at radius 1 is 1.33 bits per heavy atom. The molecule has 1 amide bonds. The molecule has 0 spiro atoms. The first kappa shape index (κ1) is 19.4. The van der Waals surface area contributed by atoms with Crippen molar-refractivity contribution in [2.75, 3.05) is 19.7 Å². The second-order valence-corrected chi connectivity index (χ2v) is 7.35. The minimum Gasteiger partial charge on any atom is -0.493 e. The average molecular weight is 373 g/mol. The smallest absolute Gasteiger partial charge is 0.247 e. The molecule has 1 aromatic carbocycles. The van der Waals surface area contributed by atoms with E-state index >= 15 is 0 Å². The van der Waals surface area contributed by atoms with E-state index in [0.717, 1.165) is 30.8 Å². The number of likely N-dealkylation sites (tertiary alicyclic amines) is 1. The number of halogens is 1. The third-order valence-electron chi connectivity index (χ3n) is 5.14. The van der Waals surface area contributed by atoms with Crippen molar-refractivity contribution in [2.24, 2.45) is 5.92 Å². The number of amides is 1. The molecule has 1 aliphatic heterocycles. The lowest BCUT2D eigenvalue weighted by molar-refractivity contribution is -0.137. The van der Waals surface area contributed by atoms with Crippen LogP contribution in [0.3, 0.4) is 0 Å². The van der Waals surface area contributed by atoms with Gasteiger partial charge in [0.05, 0.1) is 12.3 Å². The van der Waals surface area contributed by atoms with E-state index in [1.807, 2.05) is 36.4 Å². The molecule has 0 unspecified atom stereocenters. The molecule has 2 aromatic rings. The van der Waals surface area contributed by atoms with E-state index in [1.165, 1.54) is 12.1 Å². The highest BCUT2D eigenvalue weighted by Crippen LogP contribution is 2.24. The van der Waals surface area contributed by atoms with Gasteiger partial charge in [-0.1, -0.05) is 6.92 Å². The summed E-state index contributed by atoms with van der Waals surface area (Å²) >= 11 is 0. The number of carbonyl (C=O) groups excluding carboxylic acids is 1. The van der Waals surface area contributed by atoms with E-state index in [1.54, 1.807) is 12.1 Å². The minimum atomic E-state index is -0.272. The number of piperidine rings is 1. The Morgan fingerprint density at radius 2 is 2.07 bits per heavy atom. The summed E-state index contributed by atoms with van der Waals surface area (Å²) in [5.74, 6) is 0.807. The van der Waals surface area contributed by atoms with Crippen molar-refractivity contribution in [1.29, 1.82) is 0 Å². The molecular formula is C21H28FN3O2. The molecule has 0 aliphatic carbocycles. The minimum absolute atomic E-state index is 0.134. The van der Waals surface area contributed by atoms with Crippen LogP contribution in [0.4, 0.5) is 4.39 Å². The van der Waals surface area contributed by atoms with Crippen LogP contribution in [0, 0.1) is 25.6 Å². The molecule has 1 fully saturated rings. The summed E-state index contributed by atoms with van der Waals surface area (Å²) in [5, 5.41) is 4.51. The van der Waals surface area contributed by atoms with E-state index in [4.69, 9.17) is 4.74 Å². The summed E-state index contributed by atoms with van der Waals surface area (Å²) in [6.07, 6.45) is 2.71. The number of hydrogen-bond acceptors (Lipinski definition) is 3. The van der Waals surface area contributed by atoms with Gasteiger partial charge in [0.1, 0.15) is 17.6 Å². The van der Waals surface area contributed by atoms with E-state index < -0.39 is 0 Å². The van der Waals surface area contributed by atoms with Crippen molar-refractivity contribution in [3.8, 4) is 5.75 Å². The zero-order valence-corrected chi connectivity index (χ0v) is 16.3. The Hall–Kier alpha value is -2.37. The zero-order valence-electron chi connectivity index (χ0n) is 16.3. The largest absolute Gasteiger partial charge is 0.493 e. The van der Waals surface area contributed by atoms with Gasteiger partial charge < -0.3 is 9.64 Å². The third kappa shape index (κ3) is 4.67. The molecule has 6 heteroatoms. The van der Waals surface area contributed by atoms with Gasteiger partial charge in [0, 0.05) is 24.7 Å². The number of aryl methyl sites for hydroxylation is 2. The second-order valence-electron chi connectivity index (χ2n) is 7.35. The maximum absolute atomic E-state index is 13.1. The number of carbonyl (C=O) groups is 1. The van der Waals surface area contributed by atoms with Crippen molar-refractivity contribution < 1.29 is 13.9 Å². The lowest BCUT2D eigenvalue weighted by atomic mass is 9.98. The Kier molecular flexibility index (Phi) is 6.14. The zero-order chi connectivity index (χ0) is 19.4. The van der Waals surface area contributed by atoms with Gasteiger partial charge in [0.15, 0.2) is 0 Å². The number of rotatable bonds is 6. The fourth-order valence-electron chi connectivity index (χ4n) is 3.77. The number of aromatic nitrogens is 2. The molecule has 3 rings (SSSR count). The molecule has 2 atom stereocenters. The highest BCUT2D eigenvalue weighted by atomic mass is 19.1. The molecule has 1 aromatic heterocycles. The van der Waals surface area contributed by atoms with E-state index in [-0.39, 0.29) is 23.7 Å². The van der Waals surface area contributed by atoms with Crippen LogP contribution in [-0.2, 0) is 4.79 Å². The van der Waals surface area contributed by atoms with Crippen LogP contribution >= 0.6 is 0 Å². The van der Waals surface area contributed by atoms with Crippen LogP contribution in [0.1, 0.15) is 43.6 Å². The van der Waals surface area contributed by atoms with Crippen LogP contribution < -0.4 is 4.74 Å². The highest BCUT2D eigenvalue weighted by Gasteiger charge is 2.30. The first-order valence-electron chi connectivity index (χ1n) is 9.67. The standard InChI is InChI=1S/C21H28FN3O2/c1-4-20(25-16(3)12-15(2)23-25)21(26)24-11-5-6-17(13-24)14-27-19-9-7-18(22)8-10-19/h7-10,12,17,20H,4-6,11,13-14H2,1-3H3/t17-,20+/m1/s1. The van der Waals surface area contributed by atoms with E-state index in [0.29, 0.717) is 25.3 Å². The van der Waals surface area contributed by atoms with Gasteiger partial charge in [-0.3, -0.25) is 9.48 Å². The Bertz CT molecular complexity index is 772. The summed E-state index contributed by atoms with van der Waals surface area (Å²) in [5.41, 5.74) is 1.95. The van der Waals surface area contributed by atoms with Gasteiger partial charge in [0.2, 0.25) is 5.91 Å². The topological polar surface area (TPSA) is 47.4 Å². The Morgan fingerprint density at radius 3 is 2.70 bits per heavy atom. The Labute approximate surface area is 160 Å². The van der Waals surface area contributed by atoms with E-state index in [9.17, 15) is 9.18 Å². The lowest BCUT2D eigenvalue weighted by Gasteiger charge is -2.35. The molecule has 0 N–H and O–H groups in total. The summed E-state index contributed by atoms with van der Waals surface area (Å²) in [6.45, 7) is 7.97. The summed E-state index contributed by atoms with van der Waals surface area (Å²) in [6, 6.07) is 7.81. The van der Waals surface area contributed by atoms with Gasteiger partial charge in [0.25, 0.3) is 0 Å². The van der Waals surface area contributed by atoms with Crippen LogP contribution in [0.15, 0.2) is 30.3 Å². The van der Waals surface area contributed by atoms with Crippen molar-refractivity contribution in [3.63, 3.8) is 0 Å². The summed E-state index contributed by atoms with van der Waals surface area (Å²) in [4.78, 5) is 15.1. The molecular weight excluding hydrogens is 345 g/mol. The van der Waals surface area contributed by atoms with Gasteiger partial charge in [-0.25, -0.2) is 4.39 Å². The lowest BCUT2D eigenvalue weighted by Crippen LogP contribution is -2.45. The van der Waals surface area contributed by atoms with Crippen molar-refractivity contribution in [3.05, 3.63) is 47.5 Å². The van der Waals surface area contributed by atoms with Gasteiger partial charge >= 0.3 is 0 Å². The monoisotopic (exact) mass is 373 g/mol. The molecule has 5 nitrogen and oxygen atoms in total. The fourth-order valence-corrected chi connectivity index (χ4v) is 3.77. The van der Waals surface area contributed by atoms with Crippen LogP contribution in [0.5, 0.6) is 5.75 Å². The van der Waals surface area contributed by atoms with Gasteiger partial charge in [-0.15, -0.1) is 0 Å². The van der Waals surface area contributed by atoms with E-state index in [2.05, 4.69) is 5.10 Å². The van der Waals surface area contributed by atoms with Crippen LogP contribution in [0.2, 0.25) is 0 Å². The predicted molar refractivity (Wildman–Crippen MR) is 102 cm³/mol. The maximum Gasteiger partial charge on any atom is 0.247 e. The first-order valence-corrected chi connectivity index (χ1v) is 9.67. The quantitative estimate of drug-likeness (QED) is 0.771. The SMILES string of the molecule is CC[C@@H](C(=O)N1CCC[C@@H](COc2ccc(F)cc2)C1)n1nc(C)cc1C. The third-order valence-corrected chi connectivity index (χ3v) is 5.14. The number of hydrogen-bond donors (Lipinski definition) is 0. The van der Waals surface area contributed by atoms with Crippen molar-refractivity contribution in [1.82, 2.24) is 14.7 Å². The molecule has 146 valence electrons. The molecule has 1 saturated heterocycles. The predicted octanol–water partition coefficient (Wildman–Crippen LogP) is 3.91. The van der Waals surface area contributed by atoms with Crippen LogP contribution in [0.25, 0.3) is 0 Å². The number of benzene rings is 1.